The van der Waals surface area contributed by atoms with Crippen molar-refractivity contribution in [2.45, 2.75) is 40.0 Å². The van der Waals surface area contributed by atoms with Gasteiger partial charge in [-0.25, -0.2) is 0 Å². The van der Waals surface area contributed by atoms with E-state index in [4.69, 9.17) is 0 Å². The van der Waals surface area contributed by atoms with Gasteiger partial charge in [-0.3, -0.25) is 0 Å². The van der Waals surface area contributed by atoms with E-state index in [2.05, 4.69) is 32.7 Å². The minimum absolute atomic E-state index is 0.784. The highest BCUT2D eigenvalue weighted by molar-refractivity contribution is 4.71. The number of nitrogens with one attached hydrogen (secondary N) is 1. The van der Waals surface area contributed by atoms with Gasteiger partial charge in [0.15, 0.2) is 0 Å². The summed E-state index contributed by atoms with van der Waals surface area (Å²) in [4.78, 5) is 0. The fourth-order valence-electron chi connectivity index (χ4n) is 1.37. The molecular weight excluding hydrogens is 158 g/mol. The molecule has 0 aliphatic heterocycles. The van der Waals surface area contributed by atoms with Gasteiger partial charge in [0.05, 0.1) is 0 Å². The summed E-state index contributed by atoms with van der Waals surface area (Å²) in [6.07, 6.45) is 5.67. The molecule has 0 aromatic rings. The smallest absolute Gasteiger partial charge is 0.00206 e. The van der Waals surface area contributed by atoms with E-state index in [-0.39, 0.29) is 0 Å². The number of rotatable bonds is 8. The monoisotopic (exact) mass is 183 g/mol. The molecule has 0 spiro atoms. The molecule has 0 fully saturated rings. The van der Waals surface area contributed by atoms with E-state index in [0.717, 1.165) is 31.3 Å². The average molecular weight is 183 g/mol. The highest BCUT2D eigenvalue weighted by Gasteiger charge is 2.10. The average Bonchev–Trinajstić information content (AvgIpc) is 2.14. The Morgan fingerprint density at radius 2 is 2.00 bits per heavy atom. The third-order valence-electron chi connectivity index (χ3n) is 2.69. The first kappa shape index (κ1) is 12.7. The van der Waals surface area contributed by atoms with Gasteiger partial charge in [0.1, 0.15) is 0 Å². The molecule has 13 heavy (non-hydrogen) atoms. The van der Waals surface area contributed by atoms with Crippen LogP contribution in [0.5, 0.6) is 0 Å². The van der Waals surface area contributed by atoms with E-state index >= 15 is 0 Å². The topological polar surface area (TPSA) is 12.0 Å². The Bertz CT molecular complexity index is 120. The maximum atomic E-state index is 3.75. The second kappa shape index (κ2) is 8.31. The summed E-state index contributed by atoms with van der Waals surface area (Å²) in [5.41, 5.74) is 0. The van der Waals surface area contributed by atoms with Crippen molar-refractivity contribution in [3.05, 3.63) is 12.7 Å². The highest BCUT2D eigenvalue weighted by Crippen LogP contribution is 2.16. The maximum absolute atomic E-state index is 3.75. The lowest BCUT2D eigenvalue weighted by Crippen LogP contribution is -2.25. The number of allylic oxidation sites excluding steroid dienone is 1. The minimum atomic E-state index is 0.784. The second-order valence-electron chi connectivity index (χ2n) is 4.02. The molecule has 0 aromatic carbocycles. The van der Waals surface area contributed by atoms with E-state index in [1.165, 1.54) is 12.8 Å². The van der Waals surface area contributed by atoms with Crippen molar-refractivity contribution >= 4 is 0 Å². The van der Waals surface area contributed by atoms with Crippen LogP contribution in [0.25, 0.3) is 0 Å². The second-order valence-corrected chi connectivity index (χ2v) is 4.02. The molecule has 2 unspecified atom stereocenters. The molecule has 0 aliphatic rings. The molecule has 0 aliphatic carbocycles. The SMILES string of the molecule is C=CCCC(C)C(C)CNCCC. The molecule has 1 heteroatoms. The zero-order valence-corrected chi connectivity index (χ0v) is 9.47. The fraction of sp³-hybridized carbons (Fsp3) is 0.833. The summed E-state index contributed by atoms with van der Waals surface area (Å²) in [7, 11) is 0. The van der Waals surface area contributed by atoms with Crippen LogP contribution >= 0.6 is 0 Å². The summed E-state index contributed by atoms with van der Waals surface area (Å²) in [6, 6.07) is 0. The molecule has 0 amide bonds. The van der Waals surface area contributed by atoms with Crippen molar-refractivity contribution < 1.29 is 0 Å². The van der Waals surface area contributed by atoms with E-state index in [9.17, 15) is 0 Å². The first-order valence-electron chi connectivity index (χ1n) is 5.54. The van der Waals surface area contributed by atoms with Crippen LogP contribution < -0.4 is 5.32 Å². The van der Waals surface area contributed by atoms with Gasteiger partial charge in [-0.05, 0) is 44.2 Å². The Balaban J connectivity index is 3.43. The lowest BCUT2D eigenvalue weighted by atomic mass is 9.91. The predicted molar refractivity (Wildman–Crippen MR) is 60.9 cm³/mol. The van der Waals surface area contributed by atoms with Crippen LogP contribution in [-0.2, 0) is 0 Å². The first-order valence-corrected chi connectivity index (χ1v) is 5.54. The third-order valence-corrected chi connectivity index (χ3v) is 2.69. The van der Waals surface area contributed by atoms with Crippen LogP contribution in [0, 0.1) is 11.8 Å². The van der Waals surface area contributed by atoms with Crippen molar-refractivity contribution in [2.24, 2.45) is 11.8 Å². The Morgan fingerprint density at radius 3 is 2.54 bits per heavy atom. The molecule has 2 atom stereocenters. The molecule has 0 bridgehead atoms. The van der Waals surface area contributed by atoms with Gasteiger partial charge in [-0.2, -0.15) is 0 Å². The molecule has 1 nitrogen and oxygen atoms in total. The van der Waals surface area contributed by atoms with Gasteiger partial charge in [0.25, 0.3) is 0 Å². The fourth-order valence-corrected chi connectivity index (χ4v) is 1.37. The molecule has 0 rings (SSSR count). The molecule has 0 aromatic heterocycles. The Labute approximate surface area is 83.6 Å². The van der Waals surface area contributed by atoms with Crippen LogP contribution in [0.4, 0.5) is 0 Å². The molecule has 0 saturated heterocycles. The third kappa shape index (κ3) is 6.83. The van der Waals surface area contributed by atoms with Crippen molar-refractivity contribution in [1.29, 1.82) is 0 Å². The van der Waals surface area contributed by atoms with Gasteiger partial charge in [0.2, 0.25) is 0 Å². The predicted octanol–water partition coefficient (Wildman–Crippen LogP) is 3.22. The van der Waals surface area contributed by atoms with E-state index < -0.39 is 0 Å². The minimum Gasteiger partial charge on any atom is -0.316 e. The Hall–Kier alpha value is -0.300. The standard InChI is InChI=1S/C12H25N/c1-5-7-8-11(3)12(4)10-13-9-6-2/h5,11-13H,1,6-10H2,2-4H3. The van der Waals surface area contributed by atoms with E-state index in [0.29, 0.717) is 0 Å². The van der Waals surface area contributed by atoms with Crippen LogP contribution in [-0.4, -0.2) is 13.1 Å². The number of hydrogen-bond donors (Lipinski definition) is 1. The summed E-state index contributed by atoms with van der Waals surface area (Å²) in [5.74, 6) is 1.59. The molecule has 0 heterocycles. The van der Waals surface area contributed by atoms with Crippen LogP contribution in [0.15, 0.2) is 12.7 Å². The number of hydrogen-bond acceptors (Lipinski definition) is 1. The zero-order valence-electron chi connectivity index (χ0n) is 9.47. The van der Waals surface area contributed by atoms with Gasteiger partial charge in [-0.1, -0.05) is 26.8 Å². The largest absolute Gasteiger partial charge is 0.316 e. The van der Waals surface area contributed by atoms with Gasteiger partial charge >= 0.3 is 0 Å². The summed E-state index contributed by atoms with van der Waals surface area (Å²) in [5, 5.41) is 3.47. The van der Waals surface area contributed by atoms with Gasteiger partial charge in [-0.15, -0.1) is 6.58 Å². The molecule has 0 radical (unpaired) electrons. The van der Waals surface area contributed by atoms with Gasteiger partial charge < -0.3 is 5.32 Å². The Kier molecular flexibility index (Phi) is 8.11. The van der Waals surface area contributed by atoms with Crippen LogP contribution in [0.1, 0.15) is 40.0 Å². The first-order chi connectivity index (χ1) is 6.22. The van der Waals surface area contributed by atoms with Crippen LogP contribution in [0.2, 0.25) is 0 Å². The van der Waals surface area contributed by atoms with Gasteiger partial charge in [0, 0.05) is 0 Å². The van der Waals surface area contributed by atoms with Crippen molar-refractivity contribution in [3.8, 4) is 0 Å². The molecule has 1 N–H and O–H groups in total. The summed E-state index contributed by atoms with van der Waals surface area (Å²) < 4.78 is 0. The molecule has 78 valence electrons. The summed E-state index contributed by atoms with van der Waals surface area (Å²) in [6.45, 7) is 12.9. The zero-order chi connectivity index (χ0) is 10.1. The maximum Gasteiger partial charge on any atom is -0.00206 e. The molecule has 0 saturated carbocycles. The van der Waals surface area contributed by atoms with Crippen molar-refractivity contribution in [2.75, 3.05) is 13.1 Å². The Morgan fingerprint density at radius 1 is 1.31 bits per heavy atom. The lowest BCUT2D eigenvalue weighted by molar-refractivity contribution is 0.350. The van der Waals surface area contributed by atoms with Crippen molar-refractivity contribution in [1.82, 2.24) is 5.32 Å². The quantitative estimate of drug-likeness (QED) is 0.450. The van der Waals surface area contributed by atoms with E-state index in [1.54, 1.807) is 0 Å². The lowest BCUT2D eigenvalue weighted by Gasteiger charge is -2.19. The van der Waals surface area contributed by atoms with Crippen LogP contribution in [0.3, 0.4) is 0 Å². The summed E-state index contributed by atoms with van der Waals surface area (Å²) >= 11 is 0. The molecular formula is C12H25N. The highest BCUT2D eigenvalue weighted by atomic mass is 14.8. The van der Waals surface area contributed by atoms with Crippen molar-refractivity contribution in [3.63, 3.8) is 0 Å². The van der Waals surface area contributed by atoms with E-state index in [1.807, 2.05) is 6.08 Å². The normalized spacial score (nSPS) is 15.3.